The molecule has 1 spiro atoms. The third-order valence-electron chi connectivity index (χ3n) is 4.26. The monoisotopic (exact) mass is 268 g/mol. The van der Waals surface area contributed by atoms with Crippen LogP contribution in [0.1, 0.15) is 12.8 Å². The molecule has 3 saturated heterocycles. The minimum Gasteiger partial charge on any atom is -0.441 e. The van der Waals surface area contributed by atoms with Gasteiger partial charge in [-0.25, -0.2) is 9.59 Å². The van der Waals surface area contributed by atoms with Crippen molar-refractivity contribution < 1.29 is 14.3 Å². The van der Waals surface area contributed by atoms with Gasteiger partial charge in [-0.05, 0) is 0 Å². The van der Waals surface area contributed by atoms with Crippen LogP contribution in [0.2, 0.25) is 0 Å². The Morgan fingerprint density at radius 3 is 2.47 bits per heavy atom. The summed E-state index contributed by atoms with van der Waals surface area (Å²) < 4.78 is 5.38. The normalized spacial score (nSPS) is 26.4. The van der Waals surface area contributed by atoms with Gasteiger partial charge in [-0.15, -0.1) is 0 Å². The fraction of sp³-hybridized carbons (Fsp3) is 0.833. The van der Waals surface area contributed by atoms with E-state index < -0.39 is 0 Å². The Morgan fingerprint density at radius 2 is 1.89 bits per heavy atom. The van der Waals surface area contributed by atoms with Gasteiger partial charge in [-0.3, -0.25) is 0 Å². The van der Waals surface area contributed by atoms with Gasteiger partial charge >= 0.3 is 12.1 Å². The number of alkyl carbamates (subject to hydrolysis) is 1. The summed E-state index contributed by atoms with van der Waals surface area (Å²) in [6.45, 7) is 5.70. The molecule has 0 saturated carbocycles. The molecule has 0 aromatic rings. The molecule has 19 heavy (non-hydrogen) atoms. The zero-order valence-electron chi connectivity index (χ0n) is 11.0. The number of nitrogens with zero attached hydrogens (tertiary/aromatic N) is 2. The fourth-order valence-electron chi connectivity index (χ4n) is 2.95. The first-order valence-electron chi connectivity index (χ1n) is 6.89. The van der Waals surface area contributed by atoms with E-state index in [0.717, 1.165) is 52.1 Å². The number of carbonyl (C=O) groups is 2. The van der Waals surface area contributed by atoms with Crippen LogP contribution in [-0.4, -0.2) is 73.3 Å². The first-order chi connectivity index (χ1) is 9.17. The summed E-state index contributed by atoms with van der Waals surface area (Å²) >= 11 is 0. The Kier molecular flexibility index (Phi) is 3.22. The number of rotatable bonds is 3. The second-order valence-corrected chi connectivity index (χ2v) is 5.49. The zero-order valence-corrected chi connectivity index (χ0v) is 11.0. The summed E-state index contributed by atoms with van der Waals surface area (Å²) in [4.78, 5) is 26.7. The van der Waals surface area contributed by atoms with Gasteiger partial charge in [0.25, 0.3) is 0 Å². The molecule has 0 radical (unpaired) electrons. The van der Waals surface area contributed by atoms with E-state index in [-0.39, 0.29) is 17.7 Å². The number of nitrogens with one attached hydrogen (secondary N) is 2. The smallest absolute Gasteiger partial charge is 0.407 e. The maximum absolute atomic E-state index is 11.4. The third kappa shape index (κ3) is 2.60. The van der Waals surface area contributed by atoms with Crippen LogP contribution in [0.5, 0.6) is 0 Å². The van der Waals surface area contributed by atoms with E-state index in [1.54, 1.807) is 0 Å². The summed E-state index contributed by atoms with van der Waals surface area (Å²) in [7, 11) is 0. The summed E-state index contributed by atoms with van der Waals surface area (Å²) in [6, 6.07) is 0.0439. The fourth-order valence-corrected chi connectivity index (χ4v) is 2.95. The molecule has 2 N–H and O–H groups in total. The first kappa shape index (κ1) is 12.5. The van der Waals surface area contributed by atoms with Crippen molar-refractivity contribution in [3.8, 4) is 0 Å². The lowest BCUT2D eigenvalue weighted by atomic mass is 9.92. The minimum absolute atomic E-state index is 0.0439. The van der Waals surface area contributed by atoms with Crippen molar-refractivity contribution in [2.24, 2.45) is 0 Å². The molecule has 0 aromatic heterocycles. The van der Waals surface area contributed by atoms with E-state index in [4.69, 9.17) is 4.74 Å². The van der Waals surface area contributed by atoms with Crippen LogP contribution in [0, 0.1) is 0 Å². The van der Waals surface area contributed by atoms with Gasteiger partial charge in [-0.2, -0.15) is 0 Å². The molecular weight excluding hydrogens is 248 g/mol. The van der Waals surface area contributed by atoms with Gasteiger partial charge in [-0.1, -0.05) is 0 Å². The highest BCUT2D eigenvalue weighted by Gasteiger charge is 2.42. The largest absolute Gasteiger partial charge is 0.441 e. The SMILES string of the molecule is O=C1NCC2(CCN(CCN3CCNC3=O)CC2)O1. The van der Waals surface area contributed by atoms with Crippen LogP contribution in [-0.2, 0) is 4.74 Å². The molecule has 3 amide bonds. The summed E-state index contributed by atoms with van der Waals surface area (Å²) in [6.07, 6.45) is 1.46. The van der Waals surface area contributed by atoms with Gasteiger partial charge in [0.1, 0.15) is 5.60 Å². The van der Waals surface area contributed by atoms with E-state index in [2.05, 4.69) is 15.5 Å². The van der Waals surface area contributed by atoms with Gasteiger partial charge in [0.05, 0.1) is 6.54 Å². The Labute approximate surface area is 112 Å². The third-order valence-corrected chi connectivity index (χ3v) is 4.26. The molecule has 0 atom stereocenters. The van der Waals surface area contributed by atoms with Crippen molar-refractivity contribution in [2.45, 2.75) is 18.4 Å². The molecule has 0 bridgehead atoms. The zero-order chi connectivity index (χ0) is 13.3. The van der Waals surface area contributed by atoms with Gasteiger partial charge in [0.2, 0.25) is 0 Å². The standard InChI is InChI=1S/C12H20N4O3/c17-10-13-3-6-16(10)8-7-15-4-1-12(2-5-15)9-14-11(18)19-12/h1-9H2,(H,13,17)(H,14,18). The van der Waals surface area contributed by atoms with Crippen molar-refractivity contribution in [1.29, 1.82) is 0 Å². The number of piperidine rings is 1. The van der Waals surface area contributed by atoms with Crippen molar-refractivity contribution >= 4 is 12.1 Å². The molecule has 3 aliphatic rings. The van der Waals surface area contributed by atoms with E-state index >= 15 is 0 Å². The predicted octanol–water partition coefficient (Wildman–Crippen LogP) is -0.414. The average Bonchev–Trinajstić information content (AvgIpc) is 2.97. The molecule has 0 unspecified atom stereocenters. The van der Waals surface area contributed by atoms with Crippen molar-refractivity contribution in [2.75, 3.05) is 45.8 Å². The number of ether oxygens (including phenoxy) is 1. The highest BCUT2D eigenvalue weighted by Crippen LogP contribution is 2.28. The number of amides is 3. The summed E-state index contributed by atoms with van der Waals surface area (Å²) in [5.41, 5.74) is -0.279. The first-order valence-corrected chi connectivity index (χ1v) is 6.89. The van der Waals surface area contributed by atoms with E-state index in [0.29, 0.717) is 6.54 Å². The Bertz CT molecular complexity index is 379. The second-order valence-electron chi connectivity index (χ2n) is 5.49. The predicted molar refractivity (Wildman–Crippen MR) is 67.9 cm³/mol. The van der Waals surface area contributed by atoms with Crippen LogP contribution in [0.25, 0.3) is 0 Å². The Balaban J connectivity index is 1.43. The average molecular weight is 268 g/mol. The lowest BCUT2D eigenvalue weighted by Gasteiger charge is -2.37. The molecule has 7 nitrogen and oxygen atoms in total. The molecule has 3 aliphatic heterocycles. The van der Waals surface area contributed by atoms with E-state index in [1.807, 2.05) is 4.90 Å². The Hall–Kier alpha value is -1.50. The molecule has 106 valence electrons. The van der Waals surface area contributed by atoms with Crippen molar-refractivity contribution in [3.63, 3.8) is 0 Å². The number of carbonyl (C=O) groups excluding carboxylic acids is 2. The summed E-state index contributed by atoms with van der Waals surface area (Å²) in [5.74, 6) is 0. The van der Waals surface area contributed by atoms with Crippen LogP contribution in [0.15, 0.2) is 0 Å². The second kappa shape index (κ2) is 4.88. The van der Waals surface area contributed by atoms with E-state index in [9.17, 15) is 9.59 Å². The van der Waals surface area contributed by atoms with Crippen LogP contribution in [0.3, 0.4) is 0 Å². The molecular formula is C12H20N4O3. The maximum Gasteiger partial charge on any atom is 0.407 e. The van der Waals surface area contributed by atoms with Crippen LogP contribution in [0.4, 0.5) is 9.59 Å². The van der Waals surface area contributed by atoms with E-state index in [1.165, 1.54) is 0 Å². The molecule has 3 fully saturated rings. The highest BCUT2D eigenvalue weighted by atomic mass is 16.6. The van der Waals surface area contributed by atoms with Gasteiger partial charge in [0, 0.05) is 52.1 Å². The molecule has 0 aliphatic carbocycles. The topological polar surface area (TPSA) is 73.9 Å². The van der Waals surface area contributed by atoms with Crippen LogP contribution >= 0.6 is 0 Å². The number of hydrogen-bond donors (Lipinski definition) is 2. The lowest BCUT2D eigenvalue weighted by molar-refractivity contribution is 0.00000955. The Morgan fingerprint density at radius 1 is 1.11 bits per heavy atom. The summed E-state index contributed by atoms with van der Waals surface area (Å²) in [5, 5.41) is 5.54. The quantitative estimate of drug-likeness (QED) is 0.729. The molecule has 0 aromatic carbocycles. The molecule has 3 heterocycles. The molecule has 3 rings (SSSR count). The minimum atomic E-state index is -0.290. The van der Waals surface area contributed by atoms with Gasteiger partial charge < -0.3 is 25.2 Å². The number of likely N-dealkylation sites (tertiary alicyclic amines) is 1. The number of hydrogen-bond acceptors (Lipinski definition) is 4. The number of urea groups is 1. The van der Waals surface area contributed by atoms with Gasteiger partial charge in [0.15, 0.2) is 0 Å². The highest BCUT2D eigenvalue weighted by molar-refractivity contribution is 5.76. The van der Waals surface area contributed by atoms with Crippen molar-refractivity contribution in [1.82, 2.24) is 20.4 Å². The van der Waals surface area contributed by atoms with Crippen molar-refractivity contribution in [3.05, 3.63) is 0 Å². The van der Waals surface area contributed by atoms with Crippen LogP contribution < -0.4 is 10.6 Å². The maximum atomic E-state index is 11.4. The molecule has 7 heteroatoms. The lowest BCUT2D eigenvalue weighted by Crippen LogP contribution is -2.48.